The Hall–Kier alpha value is -1.11. The largest absolute Gasteiger partial charge is 0.294 e. The van der Waals surface area contributed by atoms with Crippen LogP contribution in [0.5, 0.6) is 0 Å². The third kappa shape index (κ3) is 2.50. The Morgan fingerprint density at radius 1 is 1.11 bits per heavy atom. The topological polar surface area (TPSA) is 17.1 Å². The minimum Gasteiger partial charge on any atom is -0.294 e. The van der Waals surface area contributed by atoms with Crippen molar-refractivity contribution in [3.05, 3.63) is 34.4 Å². The Morgan fingerprint density at radius 3 is 2.39 bits per heavy atom. The second-order valence-corrected chi connectivity index (χ2v) is 5.90. The number of carbonyl (C=O) groups is 1. The number of benzene rings is 1. The van der Waals surface area contributed by atoms with E-state index >= 15 is 0 Å². The molecule has 2 unspecified atom stereocenters. The van der Waals surface area contributed by atoms with Crippen molar-refractivity contribution in [2.24, 2.45) is 11.8 Å². The summed E-state index contributed by atoms with van der Waals surface area (Å²) in [6, 6.07) is 4.24. The molecule has 2 atom stereocenters. The van der Waals surface area contributed by atoms with Gasteiger partial charge in [-0.2, -0.15) is 0 Å². The number of carbonyl (C=O) groups excluding carboxylic acids is 1. The first kappa shape index (κ1) is 13.3. The Labute approximate surface area is 111 Å². The summed E-state index contributed by atoms with van der Waals surface area (Å²) in [5.41, 5.74) is 4.61. The molecule has 1 heteroatoms. The van der Waals surface area contributed by atoms with Gasteiger partial charge in [0.25, 0.3) is 0 Å². The van der Waals surface area contributed by atoms with Gasteiger partial charge in [-0.15, -0.1) is 0 Å². The average molecular weight is 244 g/mol. The van der Waals surface area contributed by atoms with Gasteiger partial charge in [0.05, 0.1) is 0 Å². The molecule has 1 nitrogen and oxygen atoms in total. The molecule has 18 heavy (non-hydrogen) atoms. The Balaban J connectivity index is 2.22. The highest BCUT2D eigenvalue weighted by Crippen LogP contribution is 2.35. The molecular formula is C17H24O. The molecule has 1 aromatic carbocycles. The van der Waals surface area contributed by atoms with Crippen molar-refractivity contribution in [1.82, 2.24) is 0 Å². The van der Waals surface area contributed by atoms with Gasteiger partial charge in [0.15, 0.2) is 5.78 Å². The van der Waals surface area contributed by atoms with Crippen LogP contribution >= 0.6 is 0 Å². The highest BCUT2D eigenvalue weighted by Gasteiger charge is 2.30. The molecule has 1 aromatic rings. The van der Waals surface area contributed by atoms with Crippen LogP contribution in [0.15, 0.2) is 12.1 Å². The van der Waals surface area contributed by atoms with Crippen LogP contribution in [0.4, 0.5) is 0 Å². The minimum atomic E-state index is 0.274. The highest BCUT2D eigenvalue weighted by molar-refractivity contribution is 5.99. The number of hydrogen-bond acceptors (Lipinski definition) is 1. The zero-order chi connectivity index (χ0) is 13.3. The zero-order valence-electron chi connectivity index (χ0n) is 12.0. The summed E-state index contributed by atoms with van der Waals surface area (Å²) in [7, 11) is 0. The van der Waals surface area contributed by atoms with Crippen LogP contribution in [-0.4, -0.2) is 5.78 Å². The minimum absolute atomic E-state index is 0.274. The predicted molar refractivity (Wildman–Crippen MR) is 76.1 cm³/mol. The van der Waals surface area contributed by atoms with Crippen molar-refractivity contribution >= 4 is 5.78 Å². The summed E-state index contributed by atoms with van der Waals surface area (Å²) in [6.45, 7) is 8.50. The second kappa shape index (κ2) is 5.26. The van der Waals surface area contributed by atoms with Crippen molar-refractivity contribution in [1.29, 1.82) is 0 Å². The third-order valence-corrected chi connectivity index (χ3v) is 4.60. The van der Waals surface area contributed by atoms with Crippen LogP contribution in [0.1, 0.15) is 59.7 Å². The highest BCUT2D eigenvalue weighted by atomic mass is 16.1. The molecule has 0 N–H and O–H groups in total. The molecule has 1 fully saturated rings. The molecule has 98 valence electrons. The first-order valence-corrected chi connectivity index (χ1v) is 7.15. The summed E-state index contributed by atoms with van der Waals surface area (Å²) in [4.78, 5) is 12.6. The van der Waals surface area contributed by atoms with E-state index in [0.717, 1.165) is 29.9 Å². The van der Waals surface area contributed by atoms with E-state index in [1.54, 1.807) is 0 Å². The molecule has 0 aliphatic heterocycles. The van der Waals surface area contributed by atoms with Gasteiger partial charge < -0.3 is 0 Å². The fraction of sp³-hybridized carbons (Fsp3) is 0.588. The van der Waals surface area contributed by atoms with E-state index in [9.17, 15) is 4.79 Å². The van der Waals surface area contributed by atoms with Gasteiger partial charge in [0.2, 0.25) is 0 Å². The van der Waals surface area contributed by atoms with E-state index in [0.29, 0.717) is 5.78 Å². The smallest absolute Gasteiger partial charge is 0.166 e. The van der Waals surface area contributed by atoms with Crippen molar-refractivity contribution < 1.29 is 4.79 Å². The van der Waals surface area contributed by atoms with E-state index in [1.165, 1.54) is 24.0 Å². The molecule has 0 spiro atoms. The molecular weight excluding hydrogens is 220 g/mol. The standard InChI is InChI=1S/C17H24O/c1-5-14-6-7-15(10-14)17(18)16-9-12(3)11(2)8-13(16)4/h8-9,14-15H,5-7,10H2,1-4H3. The fourth-order valence-electron chi connectivity index (χ4n) is 3.13. The normalized spacial score (nSPS) is 23.3. The number of Topliss-reactive ketones (excluding diaryl/α,β-unsaturated/α-hetero) is 1. The number of rotatable bonds is 3. The Bertz CT molecular complexity index is 459. The molecule has 1 saturated carbocycles. The SMILES string of the molecule is CCC1CCC(C(=O)c2cc(C)c(C)cc2C)C1. The maximum Gasteiger partial charge on any atom is 0.166 e. The fourth-order valence-corrected chi connectivity index (χ4v) is 3.13. The Morgan fingerprint density at radius 2 is 1.78 bits per heavy atom. The average Bonchev–Trinajstić information content (AvgIpc) is 2.81. The van der Waals surface area contributed by atoms with Crippen LogP contribution in [-0.2, 0) is 0 Å². The third-order valence-electron chi connectivity index (χ3n) is 4.60. The van der Waals surface area contributed by atoms with Gasteiger partial charge in [-0.3, -0.25) is 4.79 Å². The molecule has 1 aliphatic carbocycles. The van der Waals surface area contributed by atoms with Gasteiger partial charge in [-0.25, -0.2) is 0 Å². The first-order valence-electron chi connectivity index (χ1n) is 7.15. The summed E-state index contributed by atoms with van der Waals surface area (Å²) in [6.07, 6.45) is 4.64. The van der Waals surface area contributed by atoms with Crippen LogP contribution in [0.25, 0.3) is 0 Å². The van der Waals surface area contributed by atoms with E-state index in [4.69, 9.17) is 0 Å². The van der Waals surface area contributed by atoms with Crippen molar-refractivity contribution in [3.8, 4) is 0 Å². The lowest BCUT2D eigenvalue weighted by atomic mass is 9.90. The number of ketones is 1. The number of hydrogen-bond donors (Lipinski definition) is 0. The molecule has 0 bridgehead atoms. The maximum atomic E-state index is 12.6. The lowest BCUT2D eigenvalue weighted by Crippen LogP contribution is -2.13. The van der Waals surface area contributed by atoms with Crippen LogP contribution in [0.3, 0.4) is 0 Å². The van der Waals surface area contributed by atoms with E-state index in [2.05, 4.69) is 39.8 Å². The van der Waals surface area contributed by atoms with Gasteiger partial charge in [0, 0.05) is 11.5 Å². The van der Waals surface area contributed by atoms with Crippen LogP contribution < -0.4 is 0 Å². The van der Waals surface area contributed by atoms with E-state index < -0.39 is 0 Å². The first-order chi connectivity index (χ1) is 8.52. The Kier molecular flexibility index (Phi) is 3.89. The summed E-state index contributed by atoms with van der Waals surface area (Å²) in [5.74, 6) is 1.42. The summed E-state index contributed by atoms with van der Waals surface area (Å²) < 4.78 is 0. The lowest BCUT2D eigenvalue weighted by molar-refractivity contribution is 0.0919. The van der Waals surface area contributed by atoms with Gasteiger partial charge in [-0.05, 0) is 68.7 Å². The van der Waals surface area contributed by atoms with Crippen molar-refractivity contribution in [2.75, 3.05) is 0 Å². The molecule has 0 saturated heterocycles. The van der Waals surface area contributed by atoms with E-state index in [1.807, 2.05) is 0 Å². The molecule has 0 aromatic heterocycles. The molecule has 0 amide bonds. The maximum absolute atomic E-state index is 12.6. The van der Waals surface area contributed by atoms with E-state index in [-0.39, 0.29) is 5.92 Å². The van der Waals surface area contributed by atoms with Crippen molar-refractivity contribution in [3.63, 3.8) is 0 Å². The predicted octanol–water partition coefficient (Wildman–Crippen LogP) is 4.62. The number of aryl methyl sites for hydroxylation is 3. The van der Waals surface area contributed by atoms with Crippen molar-refractivity contribution in [2.45, 2.75) is 53.4 Å². The van der Waals surface area contributed by atoms with Gasteiger partial charge >= 0.3 is 0 Å². The summed E-state index contributed by atoms with van der Waals surface area (Å²) in [5, 5.41) is 0. The quantitative estimate of drug-likeness (QED) is 0.709. The van der Waals surface area contributed by atoms with Crippen LogP contribution in [0.2, 0.25) is 0 Å². The zero-order valence-corrected chi connectivity index (χ0v) is 12.0. The summed E-state index contributed by atoms with van der Waals surface area (Å²) >= 11 is 0. The molecule has 0 heterocycles. The van der Waals surface area contributed by atoms with Crippen LogP contribution in [0, 0.1) is 32.6 Å². The van der Waals surface area contributed by atoms with Gasteiger partial charge in [-0.1, -0.05) is 19.4 Å². The lowest BCUT2D eigenvalue weighted by Gasteiger charge is -2.13. The molecule has 2 rings (SSSR count). The second-order valence-electron chi connectivity index (χ2n) is 5.90. The monoisotopic (exact) mass is 244 g/mol. The molecule has 1 aliphatic rings. The molecule has 0 radical (unpaired) electrons. The van der Waals surface area contributed by atoms with Gasteiger partial charge in [0.1, 0.15) is 0 Å².